The molecule has 0 aliphatic carbocycles. The van der Waals surface area contributed by atoms with Crippen molar-refractivity contribution in [2.24, 2.45) is 5.73 Å². The zero-order valence-electron chi connectivity index (χ0n) is 8.64. The Hall–Kier alpha value is -2.18. The smallest absolute Gasteiger partial charge is 0.271 e. The number of amides is 2. The first-order valence-corrected chi connectivity index (χ1v) is 4.73. The number of carbonyl (C=O) groups is 2. The second-order valence-electron chi connectivity index (χ2n) is 3.15. The number of primary amides is 1. The molecule has 0 unspecified atom stereocenters. The molecule has 2 amide bonds. The van der Waals surface area contributed by atoms with Crippen LogP contribution in [0, 0.1) is 0 Å². The molecule has 7 heteroatoms. The van der Waals surface area contributed by atoms with Gasteiger partial charge in [0.2, 0.25) is 5.91 Å². The van der Waals surface area contributed by atoms with E-state index < -0.39 is 5.91 Å². The first-order chi connectivity index (χ1) is 7.59. The largest absolute Gasteiger partial charge is 0.382 e. The molecule has 1 rings (SSSR count). The number of anilines is 1. The lowest BCUT2D eigenvalue weighted by molar-refractivity contribution is -0.118. The summed E-state index contributed by atoms with van der Waals surface area (Å²) in [7, 11) is 0. The standard InChI is InChI=1S/C9H13N5O2/c10-7-5-12-4-6(14-7)9(16)13-3-1-2-8(11)15/h4-5H,1-3H2,(H2,10,14)(H2,11,15)(H,13,16). The molecule has 0 saturated carbocycles. The molecule has 7 nitrogen and oxygen atoms in total. The van der Waals surface area contributed by atoms with E-state index in [0.717, 1.165) is 0 Å². The first-order valence-electron chi connectivity index (χ1n) is 4.73. The fourth-order valence-corrected chi connectivity index (χ4v) is 1.05. The second kappa shape index (κ2) is 5.64. The predicted octanol–water partition coefficient (Wildman–Crippen LogP) is -0.946. The number of nitrogen functional groups attached to an aromatic ring is 1. The Bertz CT molecular complexity index is 393. The van der Waals surface area contributed by atoms with Crippen LogP contribution < -0.4 is 16.8 Å². The van der Waals surface area contributed by atoms with Crippen LogP contribution in [0.3, 0.4) is 0 Å². The maximum absolute atomic E-state index is 11.5. The first kappa shape index (κ1) is 11.9. The summed E-state index contributed by atoms with van der Waals surface area (Å²) in [5.74, 6) is -0.577. The van der Waals surface area contributed by atoms with E-state index >= 15 is 0 Å². The maximum Gasteiger partial charge on any atom is 0.271 e. The van der Waals surface area contributed by atoms with Gasteiger partial charge in [0.15, 0.2) is 0 Å². The normalized spacial score (nSPS) is 9.75. The van der Waals surface area contributed by atoms with Gasteiger partial charge in [-0.15, -0.1) is 0 Å². The number of carbonyl (C=O) groups excluding carboxylic acids is 2. The molecule has 5 N–H and O–H groups in total. The van der Waals surface area contributed by atoms with Crippen LogP contribution in [0.5, 0.6) is 0 Å². The Morgan fingerprint density at radius 2 is 2.12 bits per heavy atom. The summed E-state index contributed by atoms with van der Waals surface area (Å²) in [6, 6.07) is 0. The molecule has 0 aliphatic heterocycles. The van der Waals surface area contributed by atoms with Crippen molar-refractivity contribution in [1.29, 1.82) is 0 Å². The molecular formula is C9H13N5O2. The number of aromatic nitrogens is 2. The number of rotatable bonds is 5. The number of nitrogens with zero attached hydrogens (tertiary/aromatic N) is 2. The van der Waals surface area contributed by atoms with Crippen LogP contribution in [0.2, 0.25) is 0 Å². The average molecular weight is 223 g/mol. The highest BCUT2D eigenvalue weighted by Gasteiger charge is 2.07. The van der Waals surface area contributed by atoms with Gasteiger partial charge in [0, 0.05) is 13.0 Å². The Labute approximate surface area is 92.2 Å². The molecule has 1 aromatic rings. The molecule has 0 spiro atoms. The summed E-state index contributed by atoms with van der Waals surface area (Å²) in [5, 5.41) is 2.58. The molecule has 0 fully saturated rings. The van der Waals surface area contributed by atoms with E-state index in [1.165, 1.54) is 12.4 Å². The molecule has 0 atom stereocenters. The molecule has 16 heavy (non-hydrogen) atoms. The Balaban J connectivity index is 2.38. The minimum absolute atomic E-state index is 0.152. The van der Waals surface area contributed by atoms with Crippen molar-refractivity contribution in [2.75, 3.05) is 12.3 Å². The van der Waals surface area contributed by atoms with Gasteiger partial charge in [-0.25, -0.2) is 4.98 Å². The van der Waals surface area contributed by atoms with Gasteiger partial charge in [-0.2, -0.15) is 0 Å². The quantitative estimate of drug-likeness (QED) is 0.555. The minimum Gasteiger partial charge on any atom is -0.382 e. The van der Waals surface area contributed by atoms with E-state index in [1.807, 2.05) is 0 Å². The third kappa shape index (κ3) is 3.91. The van der Waals surface area contributed by atoms with Crippen LogP contribution in [0.15, 0.2) is 12.4 Å². The van der Waals surface area contributed by atoms with Crippen LogP contribution in [0.4, 0.5) is 5.82 Å². The van der Waals surface area contributed by atoms with Gasteiger partial charge >= 0.3 is 0 Å². The van der Waals surface area contributed by atoms with E-state index in [9.17, 15) is 9.59 Å². The molecule has 0 bridgehead atoms. The van der Waals surface area contributed by atoms with Gasteiger partial charge in [0.05, 0.1) is 12.4 Å². The van der Waals surface area contributed by atoms with E-state index in [2.05, 4.69) is 15.3 Å². The van der Waals surface area contributed by atoms with Crippen molar-refractivity contribution >= 4 is 17.6 Å². The number of nitrogens with one attached hydrogen (secondary N) is 1. The van der Waals surface area contributed by atoms with Gasteiger partial charge in [-0.3, -0.25) is 14.6 Å². The Morgan fingerprint density at radius 1 is 1.38 bits per heavy atom. The van der Waals surface area contributed by atoms with Crippen molar-refractivity contribution in [3.05, 3.63) is 18.1 Å². The van der Waals surface area contributed by atoms with Crippen LogP contribution in [-0.2, 0) is 4.79 Å². The van der Waals surface area contributed by atoms with Gasteiger partial charge in [0.25, 0.3) is 5.91 Å². The predicted molar refractivity (Wildman–Crippen MR) is 57.2 cm³/mol. The van der Waals surface area contributed by atoms with Crippen LogP contribution in [0.25, 0.3) is 0 Å². The highest BCUT2D eigenvalue weighted by atomic mass is 16.2. The highest BCUT2D eigenvalue weighted by molar-refractivity contribution is 5.92. The summed E-state index contributed by atoms with van der Waals surface area (Å²) >= 11 is 0. The molecular weight excluding hydrogens is 210 g/mol. The summed E-state index contributed by atoms with van der Waals surface area (Å²) < 4.78 is 0. The summed E-state index contributed by atoms with van der Waals surface area (Å²) in [5.41, 5.74) is 10.5. The molecule has 1 heterocycles. The second-order valence-corrected chi connectivity index (χ2v) is 3.15. The molecule has 0 aliphatic rings. The van der Waals surface area contributed by atoms with Gasteiger partial charge in [0.1, 0.15) is 11.5 Å². The van der Waals surface area contributed by atoms with Gasteiger partial charge in [-0.1, -0.05) is 0 Å². The summed E-state index contributed by atoms with van der Waals surface area (Å²) in [6.07, 6.45) is 3.41. The zero-order valence-corrected chi connectivity index (χ0v) is 8.64. The lowest BCUT2D eigenvalue weighted by Crippen LogP contribution is -2.26. The Morgan fingerprint density at radius 3 is 2.75 bits per heavy atom. The maximum atomic E-state index is 11.5. The number of nitrogens with two attached hydrogens (primary N) is 2. The van der Waals surface area contributed by atoms with E-state index in [0.29, 0.717) is 13.0 Å². The van der Waals surface area contributed by atoms with E-state index in [-0.39, 0.29) is 23.8 Å². The SMILES string of the molecule is NC(=O)CCCNC(=O)c1cncc(N)n1. The Kier molecular flexibility index (Phi) is 4.19. The van der Waals surface area contributed by atoms with Gasteiger partial charge < -0.3 is 16.8 Å². The minimum atomic E-state index is -0.391. The van der Waals surface area contributed by atoms with Crippen molar-refractivity contribution in [3.63, 3.8) is 0 Å². The molecule has 0 radical (unpaired) electrons. The fourth-order valence-electron chi connectivity index (χ4n) is 1.05. The van der Waals surface area contributed by atoms with Crippen LogP contribution in [-0.4, -0.2) is 28.3 Å². The molecule has 1 aromatic heterocycles. The molecule has 0 aromatic carbocycles. The summed E-state index contributed by atoms with van der Waals surface area (Å²) in [4.78, 5) is 29.4. The lowest BCUT2D eigenvalue weighted by atomic mass is 10.3. The van der Waals surface area contributed by atoms with E-state index in [4.69, 9.17) is 11.5 Å². The van der Waals surface area contributed by atoms with Crippen molar-refractivity contribution < 1.29 is 9.59 Å². The average Bonchev–Trinajstić information content (AvgIpc) is 2.24. The monoisotopic (exact) mass is 223 g/mol. The third-order valence-corrected chi connectivity index (χ3v) is 1.77. The third-order valence-electron chi connectivity index (χ3n) is 1.77. The number of hydrogen-bond acceptors (Lipinski definition) is 5. The molecule has 86 valence electrons. The number of hydrogen-bond donors (Lipinski definition) is 3. The molecule has 0 saturated heterocycles. The van der Waals surface area contributed by atoms with Gasteiger partial charge in [-0.05, 0) is 6.42 Å². The highest BCUT2D eigenvalue weighted by Crippen LogP contribution is 1.97. The van der Waals surface area contributed by atoms with Crippen LogP contribution >= 0.6 is 0 Å². The van der Waals surface area contributed by atoms with Crippen molar-refractivity contribution in [2.45, 2.75) is 12.8 Å². The zero-order chi connectivity index (χ0) is 12.0. The van der Waals surface area contributed by atoms with E-state index in [1.54, 1.807) is 0 Å². The summed E-state index contributed by atoms with van der Waals surface area (Å²) in [6.45, 7) is 0.359. The van der Waals surface area contributed by atoms with Crippen molar-refractivity contribution in [3.8, 4) is 0 Å². The van der Waals surface area contributed by atoms with Crippen LogP contribution in [0.1, 0.15) is 23.3 Å². The fraction of sp³-hybridized carbons (Fsp3) is 0.333. The van der Waals surface area contributed by atoms with Crippen molar-refractivity contribution in [1.82, 2.24) is 15.3 Å². The lowest BCUT2D eigenvalue weighted by Gasteiger charge is -2.03. The topological polar surface area (TPSA) is 124 Å².